The number of likely N-dealkylation sites (tertiary alicyclic amines) is 2. The van der Waals surface area contributed by atoms with Gasteiger partial charge in [0.05, 0.1) is 0 Å². The molecule has 0 aromatic heterocycles. The van der Waals surface area contributed by atoms with Gasteiger partial charge in [-0.15, -0.1) is 0 Å². The number of hydrogen-bond acceptors (Lipinski definition) is 3. The second-order valence-corrected chi connectivity index (χ2v) is 6.51. The van der Waals surface area contributed by atoms with E-state index in [1.54, 1.807) is 0 Å². The van der Waals surface area contributed by atoms with Gasteiger partial charge in [-0.05, 0) is 25.8 Å². The highest BCUT2D eigenvalue weighted by atomic mass is 16.2. The molecule has 2 heterocycles. The highest BCUT2D eigenvalue weighted by molar-refractivity contribution is 5.80. The largest absolute Gasteiger partial charge is 0.337 e. The monoisotopic (exact) mass is 280 g/mol. The second-order valence-electron chi connectivity index (χ2n) is 6.51. The Morgan fingerprint density at radius 3 is 2.35 bits per heavy atom. The maximum atomic E-state index is 12.2. The minimum atomic E-state index is 0.125. The van der Waals surface area contributed by atoms with Crippen LogP contribution in [0.4, 0.5) is 0 Å². The molecule has 1 amide bonds. The smallest absolute Gasteiger partial charge is 0.222 e. The molecule has 0 aromatic carbocycles. The number of carbonyl (C=O) groups excluding carboxylic acids is 2. The van der Waals surface area contributed by atoms with Crippen LogP contribution in [-0.2, 0) is 9.59 Å². The van der Waals surface area contributed by atoms with Gasteiger partial charge in [0.15, 0.2) is 0 Å². The number of fused-ring (bicyclic) bond motifs is 2. The van der Waals surface area contributed by atoms with Crippen molar-refractivity contribution in [3.05, 3.63) is 0 Å². The maximum absolute atomic E-state index is 12.2. The molecule has 114 valence electrons. The van der Waals surface area contributed by atoms with Crippen molar-refractivity contribution in [1.82, 2.24) is 9.80 Å². The first-order valence-electron chi connectivity index (χ1n) is 8.09. The van der Waals surface area contributed by atoms with Crippen LogP contribution in [0.2, 0.25) is 0 Å². The zero-order valence-corrected chi connectivity index (χ0v) is 13.1. The summed E-state index contributed by atoms with van der Waals surface area (Å²) in [5, 5.41) is 0. The molecule has 0 radical (unpaired) electrons. The van der Waals surface area contributed by atoms with Crippen molar-refractivity contribution in [1.29, 1.82) is 0 Å². The molecule has 20 heavy (non-hydrogen) atoms. The van der Waals surface area contributed by atoms with Gasteiger partial charge in [-0.2, -0.15) is 0 Å². The van der Waals surface area contributed by atoms with Gasteiger partial charge in [0.2, 0.25) is 5.91 Å². The van der Waals surface area contributed by atoms with Gasteiger partial charge in [-0.1, -0.05) is 20.8 Å². The standard InChI is InChI=1S/C16H28N2O2/c1-4-17-10-14-9-13(17)11-18(14)16(20)8-6-5-7-15(19)12(2)3/h12-14H,4-11H2,1-3H3/t13-,14?/m1/s1. The highest BCUT2D eigenvalue weighted by Crippen LogP contribution is 2.30. The molecule has 4 nitrogen and oxygen atoms in total. The Labute approximate surface area is 122 Å². The summed E-state index contributed by atoms with van der Waals surface area (Å²) in [6, 6.07) is 1.04. The van der Waals surface area contributed by atoms with Crippen molar-refractivity contribution in [2.24, 2.45) is 5.92 Å². The van der Waals surface area contributed by atoms with Gasteiger partial charge in [0.1, 0.15) is 5.78 Å². The molecule has 2 rings (SSSR count). The van der Waals surface area contributed by atoms with E-state index in [4.69, 9.17) is 0 Å². The average molecular weight is 280 g/mol. The highest BCUT2D eigenvalue weighted by Gasteiger charge is 2.43. The van der Waals surface area contributed by atoms with E-state index in [9.17, 15) is 9.59 Å². The van der Waals surface area contributed by atoms with Gasteiger partial charge in [-0.25, -0.2) is 0 Å². The van der Waals surface area contributed by atoms with E-state index in [2.05, 4.69) is 16.7 Å². The summed E-state index contributed by atoms with van der Waals surface area (Å²) in [5.74, 6) is 0.738. The number of unbranched alkanes of at least 4 members (excludes halogenated alkanes) is 1. The van der Waals surface area contributed by atoms with E-state index in [-0.39, 0.29) is 5.92 Å². The predicted octanol–water partition coefficient (Wildman–Crippen LogP) is 2.08. The van der Waals surface area contributed by atoms with Crippen molar-refractivity contribution in [2.75, 3.05) is 19.6 Å². The average Bonchev–Trinajstić information content (AvgIpc) is 3.02. The fraction of sp³-hybridized carbons (Fsp3) is 0.875. The number of hydrogen-bond donors (Lipinski definition) is 0. The van der Waals surface area contributed by atoms with Gasteiger partial charge in [0.25, 0.3) is 0 Å². The SMILES string of the molecule is CCN1CC2C[C@@H]1CN2C(=O)CCCCC(=O)C(C)C. The topological polar surface area (TPSA) is 40.6 Å². The van der Waals surface area contributed by atoms with E-state index >= 15 is 0 Å². The Hall–Kier alpha value is -0.900. The molecule has 2 atom stereocenters. The first-order valence-corrected chi connectivity index (χ1v) is 8.09. The number of carbonyl (C=O) groups is 2. The molecule has 4 heteroatoms. The number of nitrogens with zero attached hydrogens (tertiary/aromatic N) is 2. The normalized spacial score (nSPS) is 25.7. The maximum Gasteiger partial charge on any atom is 0.222 e. The van der Waals surface area contributed by atoms with E-state index in [0.717, 1.165) is 38.9 Å². The van der Waals surface area contributed by atoms with Crippen LogP contribution in [0.5, 0.6) is 0 Å². The molecule has 0 N–H and O–H groups in total. The third-order valence-corrected chi connectivity index (χ3v) is 4.79. The van der Waals surface area contributed by atoms with Crippen molar-refractivity contribution in [3.8, 4) is 0 Å². The second kappa shape index (κ2) is 6.70. The van der Waals surface area contributed by atoms with Gasteiger partial charge >= 0.3 is 0 Å². The van der Waals surface area contributed by atoms with Gasteiger partial charge in [-0.3, -0.25) is 14.5 Å². The predicted molar refractivity (Wildman–Crippen MR) is 79.5 cm³/mol. The summed E-state index contributed by atoms with van der Waals surface area (Å²) < 4.78 is 0. The molecule has 2 fully saturated rings. The molecule has 0 saturated carbocycles. The molecule has 0 aromatic rings. The Balaban J connectivity index is 1.66. The molecule has 0 spiro atoms. The van der Waals surface area contributed by atoms with Crippen LogP contribution in [0.3, 0.4) is 0 Å². The Bertz CT molecular complexity index is 367. The first-order chi connectivity index (χ1) is 9.52. The van der Waals surface area contributed by atoms with Crippen LogP contribution in [0.25, 0.3) is 0 Å². The van der Waals surface area contributed by atoms with Gasteiger partial charge in [0, 0.05) is 43.9 Å². The lowest BCUT2D eigenvalue weighted by Crippen LogP contribution is -2.48. The summed E-state index contributed by atoms with van der Waals surface area (Å²) in [6.45, 7) is 9.14. The number of piperazine rings is 1. The van der Waals surface area contributed by atoms with Crippen LogP contribution in [0.15, 0.2) is 0 Å². The molecule has 0 aliphatic carbocycles. The summed E-state index contributed by atoms with van der Waals surface area (Å²) in [4.78, 5) is 28.3. The minimum Gasteiger partial charge on any atom is -0.337 e. The van der Waals surface area contributed by atoms with Gasteiger partial charge < -0.3 is 4.90 Å². The van der Waals surface area contributed by atoms with Crippen LogP contribution in [0, 0.1) is 5.92 Å². The lowest BCUT2D eigenvalue weighted by molar-refractivity contribution is -0.133. The van der Waals surface area contributed by atoms with E-state index in [1.807, 2.05) is 13.8 Å². The van der Waals surface area contributed by atoms with Crippen molar-refractivity contribution in [2.45, 2.75) is 65.0 Å². The zero-order valence-electron chi connectivity index (χ0n) is 13.1. The molecule has 1 unspecified atom stereocenters. The molecule has 2 bridgehead atoms. The van der Waals surface area contributed by atoms with E-state index < -0.39 is 0 Å². The van der Waals surface area contributed by atoms with E-state index in [0.29, 0.717) is 36.6 Å². The fourth-order valence-electron chi connectivity index (χ4n) is 3.45. The third kappa shape index (κ3) is 3.40. The minimum absolute atomic E-state index is 0.125. The fourth-order valence-corrected chi connectivity index (χ4v) is 3.45. The molecular weight excluding hydrogens is 252 g/mol. The van der Waals surface area contributed by atoms with E-state index in [1.165, 1.54) is 0 Å². The number of amides is 1. The van der Waals surface area contributed by atoms with Crippen LogP contribution in [0.1, 0.15) is 52.9 Å². The lowest BCUT2D eigenvalue weighted by atomic mass is 10.0. The summed E-state index contributed by atoms with van der Waals surface area (Å²) >= 11 is 0. The van der Waals surface area contributed by atoms with Crippen LogP contribution < -0.4 is 0 Å². The molecular formula is C16H28N2O2. The van der Waals surface area contributed by atoms with Crippen molar-refractivity contribution in [3.63, 3.8) is 0 Å². The Morgan fingerprint density at radius 2 is 1.80 bits per heavy atom. The zero-order chi connectivity index (χ0) is 14.7. The summed E-state index contributed by atoms with van der Waals surface area (Å²) in [7, 11) is 0. The van der Waals surface area contributed by atoms with Crippen molar-refractivity contribution < 1.29 is 9.59 Å². The third-order valence-electron chi connectivity index (χ3n) is 4.79. The first kappa shape index (κ1) is 15.5. The quantitative estimate of drug-likeness (QED) is 0.670. The van der Waals surface area contributed by atoms with Crippen LogP contribution >= 0.6 is 0 Å². The Kier molecular flexibility index (Phi) is 5.19. The summed E-state index contributed by atoms with van der Waals surface area (Å²) in [6.07, 6.45) is 4.10. The summed E-state index contributed by atoms with van der Waals surface area (Å²) in [5.41, 5.74) is 0. The number of ketones is 1. The number of Topliss-reactive ketones (excluding diaryl/α,β-unsaturated/α-hetero) is 1. The van der Waals surface area contributed by atoms with Crippen LogP contribution in [-0.4, -0.2) is 53.2 Å². The Morgan fingerprint density at radius 1 is 1.10 bits per heavy atom. The lowest BCUT2D eigenvalue weighted by Gasteiger charge is -2.33. The van der Waals surface area contributed by atoms with Crippen molar-refractivity contribution >= 4 is 11.7 Å². The number of rotatable bonds is 7. The molecule has 2 aliphatic heterocycles. The number of likely N-dealkylation sites (N-methyl/N-ethyl adjacent to an activating group) is 1. The molecule has 2 saturated heterocycles. The molecule has 2 aliphatic rings.